The van der Waals surface area contributed by atoms with Gasteiger partial charge in [-0.15, -0.1) is 0 Å². The molecule has 0 radical (unpaired) electrons. The van der Waals surface area contributed by atoms with Crippen LogP contribution in [-0.2, 0) is 0 Å². The highest BCUT2D eigenvalue weighted by atomic mass is 16.5. The van der Waals surface area contributed by atoms with Crippen LogP contribution in [0.4, 0.5) is 11.6 Å². The summed E-state index contributed by atoms with van der Waals surface area (Å²) in [6.07, 6.45) is 0. The van der Waals surface area contributed by atoms with E-state index in [2.05, 4.69) is 19.9 Å². The van der Waals surface area contributed by atoms with Gasteiger partial charge in [-0.05, 0) is 24.3 Å². The molecular formula is C17H16N6O4. The van der Waals surface area contributed by atoms with E-state index < -0.39 is 5.56 Å². The number of aromatic amines is 2. The van der Waals surface area contributed by atoms with Crippen LogP contribution in [0, 0.1) is 0 Å². The molecule has 0 fully saturated rings. The Balaban J connectivity index is 0.000000156. The Bertz CT molecular complexity index is 1250. The SMILES string of the molecule is COc1cccc2[nH]c(=O)c(N)nc12.Nc1nc2c(O)cccc2[nH]c1=O. The standard InChI is InChI=1S/C9H9N3O2.C8H7N3O2/c1-14-6-4-2-3-5-7(6)12-8(10)9(13)11-5;9-7-8(13)10-4-2-1-3-5(12)6(4)11-7/h2-4H,1H3,(H2,10,12)(H,11,13);1-3,12H,(H2,9,11)(H,10,13). The molecule has 0 saturated heterocycles. The summed E-state index contributed by atoms with van der Waals surface area (Å²) in [4.78, 5) is 35.0. The molecule has 4 rings (SSSR count). The number of methoxy groups -OCH3 is 1. The van der Waals surface area contributed by atoms with Crippen molar-refractivity contribution in [3.8, 4) is 11.5 Å². The van der Waals surface area contributed by atoms with Gasteiger partial charge in [0.05, 0.1) is 18.1 Å². The topological polar surface area (TPSA) is 173 Å². The molecule has 0 aliphatic carbocycles. The fraction of sp³-hybridized carbons (Fsp3) is 0.0588. The Morgan fingerprint density at radius 1 is 0.889 bits per heavy atom. The van der Waals surface area contributed by atoms with Gasteiger partial charge in [-0.25, -0.2) is 9.97 Å². The number of ether oxygens (including phenoxy) is 1. The van der Waals surface area contributed by atoms with Gasteiger partial charge in [-0.2, -0.15) is 0 Å². The Kier molecular flexibility index (Phi) is 4.62. The third kappa shape index (κ3) is 3.49. The first-order valence-corrected chi connectivity index (χ1v) is 7.70. The lowest BCUT2D eigenvalue weighted by Crippen LogP contribution is -2.13. The first-order chi connectivity index (χ1) is 12.9. The molecule has 4 aromatic rings. The van der Waals surface area contributed by atoms with Crippen molar-refractivity contribution in [2.24, 2.45) is 0 Å². The predicted molar refractivity (Wildman–Crippen MR) is 102 cm³/mol. The van der Waals surface area contributed by atoms with Crippen molar-refractivity contribution in [3.63, 3.8) is 0 Å². The highest BCUT2D eigenvalue weighted by Crippen LogP contribution is 2.21. The minimum absolute atomic E-state index is 0.000417. The monoisotopic (exact) mass is 368 g/mol. The van der Waals surface area contributed by atoms with Gasteiger partial charge in [0.25, 0.3) is 11.1 Å². The lowest BCUT2D eigenvalue weighted by Gasteiger charge is -2.03. The Labute approximate surface area is 151 Å². The average Bonchev–Trinajstić information content (AvgIpc) is 2.65. The summed E-state index contributed by atoms with van der Waals surface area (Å²) < 4.78 is 5.08. The number of nitrogen functional groups attached to an aromatic ring is 2. The summed E-state index contributed by atoms with van der Waals surface area (Å²) in [6.45, 7) is 0. The van der Waals surface area contributed by atoms with Gasteiger partial charge in [-0.3, -0.25) is 9.59 Å². The average molecular weight is 368 g/mol. The molecule has 2 aromatic heterocycles. The number of nitrogens with zero attached hydrogens (tertiary/aromatic N) is 2. The van der Waals surface area contributed by atoms with Crippen LogP contribution in [0.1, 0.15) is 0 Å². The van der Waals surface area contributed by atoms with Crippen molar-refractivity contribution < 1.29 is 9.84 Å². The van der Waals surface area contributed by atoms with E-state index in [1.165, 1.54) is 13.2 Å². The zero-order valence-electron chi connectivity index (χ0n) is 14.2. The molecule has 0 aliphatic heterocycles. The molecule has 0 atom stereocenters. The molecular weight excluding hydrogens is 352 g/mol. The first kappa shape index (κ1) is 17.7. The number of aromatic nitrogens is 4. The molecule has 2 aromatic carbocycles. The third-order valence-electron chi connectivity index (χ3n) is 3.66. The van der Waals surface area contributed by atoms with E-state index in [0.29, 0.717) is 27.8 Å². The summed E-state index contributed by atoms with van der Waals surface area (Å²) in [5.74, 6) is 0.391. The van der Waals surface area contributed by atoms with E-state index in [9.17, 15) is 14.7 Å². The number of hydrogen-bond donors (Lipinski definition) is 5. The van der Waals surface area contributed by atoms with Crippen molar-refractivity contribution in [1.29, 1.82) is 0 Å². The van der Waals surface area contributed by atoms with Gasteiger partial charge < -0.3 is 31.3 Å². The number of anilines is 2. The molecule has 0 bridgehead atoms. The van der Waals surface area contributed by atoms with Gasteiger partial charge in [0.15, 0.2) is 11.6 Å². The van der Waals surface area contributed by atoms with Crippen molar-refractivity contribution in [2.75, 3.05) is 18.6 Å². The maximum atomic E-state index is 11.1. The summed E-state index contributed by atoms with van der Waals surface area (Å²) >= 11 is 0. The molecule has 0 amide bonds. The highest BCUT2D eigenvalue weighted by molar-refractivity contribution is 5.82. The van der Waals surface area contributed by atoms with Gasteiger partial charge in [0.1, 0.15) is 22.5 Å². The fourth-order valence-corrected chi connectivity index (χ4v) is 2.37. The van der Waals surface area contributed by atoms with Gasteiger partial charge >= 0.3 is 0 Å². The highest BCUT2D eigenvalue weighted by Gasteiger charge is 2.05. The first-order valence-electron chi connectivity index (χ1n) is 7.70. The number of phenolic OH excluding ortho intramolecular Hbond substituents is 1. The minimum atomic E-state index is -0.446. The van der Waals surface area contributed by atoms with Crippen LogP contribution < -0.4 is 27.3 Å². The van der Waals surface area contributed by atoms with Crippen LogP contribution in [0.3, 0.4) is 0 Å². The van der Waals surface area contributed by atoms with Crippen molar-refractivity contribution in [1.82, 2.24) is 19.9 Å². The predicted octanol–water partition coefficient (Wildman–Crippen LogP) is 0.725. The number of rotatable bonds is 1. The number of phenols is 1. The number of aromatic hydroxyl groups is 1. The smallest absolute Gasteiger partial charge is 0.290 e. The minimum Gasteiger partial charge on any atom is -0.506 e. The fourth-order valence-electron chi connectivity index (χ4n) is 2.37. The van der Waals surface area contributed by atoms with Crippen LogP contribution in [0.5, 0.6) is 11.5 Å². The molecule has 27 heavy (non-hydrogen) atoms. The normalized spacial score (nSPS) is 10.4. The number of nitrogens with one attached hydrogen (secondary N) is 2. The summed E-state index contributed by atoms with van der Waals surface area (Å²) in [7, 11) is 1.54. The molecule has 10 nitrogen and oxygen atoms in total. The molecule has 7 N–H and O–H groups in total. The van der Waals surface area contributed by atoms with Crippen LogP contribution in [-0.4, -0.2) is 32.2 Å². The Morgan fingerprint density at radius 2 is 1.41 bits per heavy atom. The molecule has 10 heteroatoms. The third-order valence-corrected chi connectivity index (χ3v) is 3.66. The van der Waals surface area contributed by atoms with Crippen LogP contribution >= 0.6 is 0 Å². The Morgan fingerprint density at radius 3 is 2.00 bits per heavy atom. The maximum absolute atomic E-state index is 11.1. The molecule has 2 heterocycles. The number of hydrogen-bond acceptors (Lipinski definition) is 8. The van der Waals surface area contributed by atoms with Gasteiger partial charge in [0.2, 0.25) is 0 Å². The number of benzene rings is 2. The number of fused-ring (bicyclic) bond motifs is 2. The van der Waals surface area contributed by atoms with Crippen LogP contribution in [0.15, 0.2) is 46.0 Å². The number of H-pyrrole nitrogens is 2. The van der Waals surface area contributed by atoms with Crippen molar-refractivity contribution >= 4 is 33.7 Å². The van der Waals surface area contributed by atoms with Gasteiger partial charge in [-0.1, -0.05) is 12.1 Å². The van der Waals surface area contributed by atoms with E-state index in [1.54, 1.807) is 30.3 Å². The zero-order chi connectivity index (χ0) is 19.6. The van der Waals surface area contributed by atoms with Crippen molar-refractivity contribution in [3.05, 3.63) is 57.1 Å². The van der Waals surface area contributed by atoms with Crippen molar-refractivity contribution in [2.45, 2.75) is 0 Å². The van der Waals surface area contributed by atoms with Crippen LogP contribution in [0.2, 0.25) is 0 Å². The van der Waals surface area contributed by atoms with E-state index in [0.717, 1.165) is 0 Å². The second kappa shape index (κ2) is 7.04. The van der Waals surface area contributed by atoms with E-state index in [4.69, 9.17) is 16.2 Å². The van der Waals surface area contributed by atoms with Gasteiger partial charge in [0, 0.05) is 0 Å². The van der Waals surface area contributed by atoms with E-state index in [-0.39, 0.29) is 22.9 Å². The summed E-state index contributed by atoms with van der Waals surface area (Å²) in [5.41, 5.74) is 11.8. The van der Waals surface area contributed by atoms with E-state index >= 15 is 0 Å². The molecule has 0 saturated carbocycles. The van der Waals surface area contributed by atoms with E-state index in [1.807, 2.05) is 0 Å². The second-order valence-electron chi connectivity index (χ2n) is 5.43. The number of nitrogens with two attached hydrogens (primary N) is 2. The largest absolute Gasteiger partial charge is 0.506 e. The number of para-hydroxylation sites is 2. The quantitative estimate of drug-likeness (QED) is 0.327. The second-order valence-corrected chi connectivity index (χ2v) is 5.43. The molecule has 0 aliphatic rings. The maximum Gasteiger partial charge on any atom is 0.290 e. The Hall–Kier alpha value is -4.08. The molecule has 138 valence electrons. The molecule has 0 spiro atoms. The molecule has 0 unspecified atom stereocenters. The van der Waals surface area contributed by atoms with Crippen LogP contribution in [0.25, 0.3) is 22.1 Å². The summed E-state index contributed by atoms with van der Waals surface area (Å²) in [5, 5.41) is 9.35. The lowest BCUT2D eigenvalue weighted by atomic mass is 10.3. The summed E-state index contributed by atoms with van der Waals surface area (Å²) in [6, 6.07) is 10.0. The zero-order valence-corrected chi connectivity index (χ0v) is 14.2. The lowest BCUT2D eigenvalue weighted by molar-refractivity contribution is 0.419.